The van der Waals surface area contributed by atoms with Crippen molar-refractivity contribution in [1.82, 2.24) is 0 Å². The number of aromatic carboxylic acids is 2. The van der Waals surface area contributed by atoms with Crippen LogP contribution in [-0.4, -0.2) is 45.4 Å². The van der Waals surface area contributed by atoms with E-state index in [9.17, 15) is 29.3 Å². The highest BCUT2D eigenvalue weighted by atomic mass is 16.6. The number of para-hydroxylation sites is 1. The molecule has 10 nitrogen and oxygen atoms in total. The number of fused-ring (bicyclic) bond motifs is 2. The van der Waals surface area contributed by atoms with Crippen LogP contribution in [0.4, 0.5) is 5.69 Å². The lowest BCUT2D eigenvalue weighted by Gasteiger charge is -2.21. The lowest BCUT2D eigenvalue weighted by atomic mass is 9.80. The molecule has 0 fully saturated rings. The van der Waals surface area contributed by atoms with Gasteiger partial charge >= 0.3 is 17.9 Å². The summed E-state index contributed by atoms with van der Waals surface area (Å²) < 4.78 is 4.99. The Morgan fingerprint density at radius 2 is 1.61 bits per heavy atom. The molecule has 2 aliphatic rings. The Balaban J connectivity index is 0.000000223. The van der Waals surface area contributed by atoms with Crippen molar-refractivity contribution in [2.75, 3.05) is 6.61 Å². The average molecular weight is 491 g/mol. The summed E-state index contributed by atoms with van der Waals surface area (Å²) in [5.41, 5.74) is 1.97. The number of benzene rings is 3. The number of aryl methyl sites for hydroxylation is 1. The summed E-state index contributed by atoms with van der Waals surface area (Å²) in [5.74, 6) is -3.01. The Morgan fingerprint density at radius 1 is 0.917 bits per heavy atom. The number of rotatable bonds is 7. The average Bonchev–Trinajstić information content (AvgIpc) is 2.87. The van der Waals surface area contributed by atoms with E-state index in [1.807, 2.05) is 6.92 Å². The number of hydrogen-bond acceptors (Lipinski definition) is 7. The first-order valence-corrected chi connectivity index (χ1v) is 10.8. The minimum absolute atomic E-state index is 0.000370. The van der Waals surface area contributed by atoms with Crippen molar-refractivity contribution < 1.29 is 39.1 Å². The van der Waals surface area contributed by atoms with Gasteiger partial charge < -0.3 is 14.9 Å². The van der Waals surface area contributed by atoms with Crippen LogP contribution in [0.3, 0.4) is 0 Å². The molecule has 0 aliphatic heterocycles. The number of hydrogen-bond donors (Lipinski definition) is 2. The molecular weight excluding hydrogens is 470 g/mol. The first-order valence-electron chi connectivity index (χ1n) is 10.8. The molecule has 2 N–H and O–H groups in total. The second-order valence-corrected chi connectivity index (χ2v) is 7.61. The molecule has 0 radical (unpaired) electrons. The van der Waals surface area contributed by atoms with Crippen molar-refractivity contribution in [2.24, 2.45) is 0 Å². The summed E-state index contributed by atoms with van der Waals surface area (Å²) in [6.45, 7) is 3.68. The lowest BCUT2D eigenvalue weighted by Crippen LogP contribution is -2.20. The van der Waals surface area contributed by atoms with Crippen LogP contribution in [0.5, 0.6) is 0 Å². The fraction of sp³-hybridized carbons (Fsp3) is 0.154. The van der Waals surface area contributed by atoms with Crippen LogP contribution in [0.25, 0.3) is 11.1 Å². The second kappa shape index (κ2) is 10.6. The van der Waals surface area contributed by atoms with Crippen molar-refractivity contribution >= 4 is 29.4 Å². The summed E-state index contributed by atoms with van der Waals surface area (Å²) in [6.07, 6.45) is 0.571. The molecule has 36 heavy (non-hydrogen) atoms. The summed E-state index contributed by atoms with van der Waals surface area (Å²) in [6, 6.07) is 13.2. The van der Waals surface area contributed by atoms with Gasteiger partial charge in [-0.05, 0) is 49.2 Å². The van der Waals surface area contributed by atoms with Gasteiger partial charge in [-0.15, -0.1) is 0 Å². The highest BCUT2D eigenvalue weighted by Gasteiger charge is 2.33. The number of nitrogens with zero attached hydrogens (tertiary/aromatic N) is 1. The first-order chi connectivity index (χ1) is 17.1. The van der Waals surface area contributed by atoms with Crippen LogP contribution >= 0.6 is 0 Å². The highest BCUT2D eigenvalue weighted by Crippen LogP contribution is 2.40. The van der Waals surface area contributed by atoms with E-state index < -0.39 is 22.8 Å². The van der Waals surface area contributed by atoms with Gasteiger partial charge in [0.25, 0.3) is 5.69 Å². The minimum Gasteiger partial charge on any atom is -0.478 e. The van der Waals surface area contributed by atoms with Gasteiger partial charge in [0, 0.05) is 22.8 Å². The summed E-state index contributed by atoms with van der Waals surface area (Å²) in [4.78, 5) is 56.1. The van der Waals surface area contributed by atoms with E-state index in [0.29, 0.717) is 23.1 Å². The molecule has 3 aromatic carbocycles. The fourth-order valence-corrected chi connectivity index (χ4v) is 3.75. The van der Waals surface area contributed by atoms with Gasteiger partial charge in [-0.3, -0.25) is 14.9 Å². The molecule has 0 saturated carbocycles. The number of carbonyl (C=O) groups excluding carboxylic acids is 2. The third-order valence-corrected chi connectivity index (χ3v) is 5.48. The normalized spacial score (nSPS) is 11.0. The molecule has 0 unspecified atom stereocenters. The zero-order valence-corrected chi connectivity index (χ0v) is 19.3. The number of carboxylic acid groups (broad SMARTS) is 2. The monoisotopic (exact) mass is 491 g/mol. The number of carboxylic acids is 2. The van der Waals surface area contributed by atoms with Gasteiger partial charge in [0.15, 0.2) is 5.78 Å². The van der Waals surface area contributed by atoms with Crippen molar-refractivity contribution in [2.45, 2.75) is 20.3 Å². The summed E-state index contributed by atoms with van der Waals surface area (Å²) >= 11 is 0. The number of nitro benzene ring substituents is 1. The topological polar surface area (TPSA) is 161 Å². The Bertz CT molecular complexity index is 1410. The smallest absolute Gasteiger partial charge is 0.338 e. The largest absolute Gasteiger partial charge is 0.478 e. The van der Waals surface area contributed by atoms with Crippen LogP contribution in [-0.2, 0) is 11.2 Å². The van der Waals surface area contributed by atoms with E-state index in [0.717, 1.165) is 0 Å². The van der Waals surface area contributed by atoms with Gasteiger partial charge in [0.2, 0.25) is 0 Å². The van der Waals surface area contributed by atoms with Crippen molar-refractivity contribution in [3.63, 3.8) is 0 Å². The molecule has 0 heterocycles. The Labute approximate surface area is 204 Å². The molecule has 0 amide bonds. The molecular formula is C26H21NO9. The van der Waals surface area contributed by atoms with Gasteiger partial charge in [-0.2, -0.15) is 0 Å². The van der Waals surface area contributed by atoms with Crippen LogP contribution < -0.4 is 0 Å². The van der Waals surface area contributed by atoms with E-state index in [1.165, 1.54) is 42.5 Å². The molecule has 5 rings (SSSR count). The maximum absolute atomic E-state index is 12.1. The Kier molecular flexibility index (Phi) is 7.58. The SMILES string of the molecule is CCOC(=O)c1cc2cc(c1-c1ccccc1[N+](=O)[O-])C2=O.CCc1ccc(C(=O)O)cc1C(=O)O. The van der Waals surface area contributed by atoms with Crippen molar-refractivity contribution in [1.29, 1.82) is 0 Å². The third kappa shape index (κ3) is 4.97. The Morgan fingerprint density at radius 3 is 2.17 bits per heavy atom. The molecule has 0 spiro atoms. The molecule has 184 valence electrons. The van der Waals surface area contributed by atoms with E-state index in [1.54, 1.807) is 19.1 Å². The lowest BCUT2D eigenvalue weighted by molar-refractivity contribution is -0.384. The van der Waals surface area contributed by atoms with Gasteiger partial charge in [0.1, 0.15) is 0 Å². The molecule has 0 saturated heterocycles. The van der Waals surface area contributed by atoms with Crippen LogP contribution in [0, 0.1) is 10.1 Å². The molecule has 3 aromatic rings. The fourth-order valence-electron chi connectivity index (χ4n) is 3.75. The molecule has 0 atom stereocenters. The third-order valence-electron chi connectivity index (χ3n) is 5.48. The number of carbonyl (C=O) groups is 4. The molecule has 2 aliphatic carbocycles. The van der Waals surface area contributed by atoms with Crippen LogP contribution in [0.2, 0.25) is 0 Å². The second-order valence-electron chi connectivity index (χ2n) is 7.61. The van der Waals surface area contributed by atoms with E-state index in [2.05, 4.69) is 0 Å². The van der Waals surface area contributed by atoms with Gasteiger partial charge in [0.05, 0.1) is 33.8 Å². The number of ketones is 1. The Hall–Kier alpha value is -4.86. The van der Waals surface area contributed by atoms with E-state index >= 15 is 0 Å². The van der Waals surface area contributed by atoms with Crippen LogP contribution in [0.1, 0.15) is 66.4 Å². The van der Waals surface area contributed by atoms with Crippen LogP contribution in [0.15, 0.2) is 54.6 Å². The van der Waals surface area contributed by atoms with Gasteiger partial charge in [-0.25, -0.2) is 14.4 Å². The number of nitro groups is 1. The summed E-state index contributed by atoms with van der Waals surface area (Å²) in [5, 5.41) is 28.7. The predicted molar refractivity (Wildman–Crippen MR) is 128 cm³/mol. The minimum atomic E-state index is -1.12. The zero-order valence-electron chi connectivity index (χ0n) is 19.3. The molecule has 0 aromatic heterocycles. The number of esters is 1. The van der Waals surface area contributed by atoms with E-state index in [-0.39, 0.29) is 45.9 Å². The van der Waals surface area contributed by atoms with Crippen molar-refractivity contribution in [3.8, 4) is 11.1 Å². The van der Waals surface area contributed by atoms with Crippen molar-refractivity contribution in [3.05, 3.63) is 98.1 Å². The number of ether oxygens (including phenoxy) is 1. The quantitative estimate of drug-likeness (QED) is 0.213. The zero-order chi connectivity index (χ0) is 26.6. The highest BCUT2D eigenvalue weighted by molar-refractivity contribution is 6.24. The predicted octanol–water partition coefficient (Wildman–Crippen LogP) is 4.63. The standard InChI is InChI=1S/C16H11NO5.C10H10O4/c1-2-22-16(19)12-8-9-7-11(15(9)18)14(12)10-5-3-4-6-13(10)17(20)21;1-2-6-3-4-7(9(11)12)5-8(6)10(13)14/h3-8H,2H2,1H3;3-5H,2H2,1H3,(H,11,12)(H,13,14). The van der Waals surface area contributed by atoms with E-state index in [4.69, 9.17) is 14.9 Å². The molecule has 10 heteroatoms. The first kappa shape index (κ1) is 25.8. The molecule has 2 bridgehead atoms. The van der Waals surface area contributed by atoms with Gasteiger partial charge in [-0.1, -0.05) is 25.1 Å². The maximum atomic E-state index is 12.1. The maximum Gasteiger partial charge on any atom is 0.338 e. The summed E-state index contributed by atoms with van der Waals surface area (Å²) in [7, 11) is 0.